The number of nitrogens with one attached hydrogen (secondary N) is 2. The summed E-state index contributed by atoms with van der Waals surface area (Å²) in [5, 5.41) is 0. The van der Waals surface area contributed by atoms with Crippen molar-refractivity contribution in [3.8, 4) is 0 Å². The maximum absolute atomic E-state index is 12.3. The first-order chi connectivity index (χ1) is 9.23. The summed E-state index contributed by atoms with van der Waals surface area (Å²) in [5.41, 5.74) is -8.21. The topological polar surface area (TPSA) is 92.3 Å². The van der Waals surface area contributed by atoms with E-state index in [1.807, 2.05) is 0 Å². The Kier molecular flexibility index (Phi) is 6.54. The molecule has 0 bridgehead atoms. The molecular weight excluding hydrogens is 347 g/mol. The minimum absolute atomic E-state index is 0.00164. The van der Waals surface area contributed by atoms with Gasteiger partial charge in [0.1, 0.15) is 0 Å². The van der Waals surface area contributed by atoms with Crippen molar-refractivity contribution in [2.24, 2.45) is 0 Å². The summed E-state index contributed by atoms with van der Waals surface area (Å²) in [7, 11) is -11.3. The molecule has 0 rings (SSSR count). The minimum atomic E-state index is -5.95. The molecule has 1 unspecified atom stereocenters. The molecule has 0 spiro atoms. The van der Waals surface area contributed by atoms with Gasteiger partial charge in [0, 0.05) is 0 Å². The fourth-order valence-corrected chi connectivity index (χ4v) is 3.25. The zero-order valence-electron chi connectivity index (χ0n) is 10.7. The smallest absolute Gasteiger partial charge is 0.206 e. The Labute approximate surface area is 119 Å². The van der Waals surface area contributed by atoms with Crippen LogP contribution in [0.5, 0.6) is 0 Å². The third-order valence-electron chi connectivity index (χ3n) is 2.31. The van der Waals surface area contributed by atoms with Crippen molar-refractivity contribution < 1.29 is 38.8 Å². The summed E-state index contributed by atoms with van der Waals surface area (Å²) in [4.78, 5) is 0. The fraction of sp³-hybridized carbons (Fsp3) is 0.875. The molecule has 0 saturated heterocycles. The van der Waals surface area contributed by atoms with E-state index in [0.717, 1.165) is 4.72 Å². The SMILES string of the molecule is [CH2]CC(CCC)(NS(=O)(=O)C(F)F)NS(=O)(=O)C(F)(F)F. The van der Waals surface area contributed by atoms with E-state index in [0.29, 0.717) is 0 Å². The summed E-state index contributed by atoms with van der Waals surface area (Å²) in [6.45, 7) is 4.51. The average Bonchev–Trinajstić information content (AvgIpc) is 2.26. The Morgan fingerprint density at radius 3 is 1.86 bits per heavy atom. The van der Waals surface area contributed by atoms with E-state index in [2.05, 4.69) is 6.92 Å². The van der Waals surface area contributed by atoms with Gasteiger partial charge in [-0.1, -0.05) is 20.3 Å². The van der Waals surface area contributed by atoms with Gasteiger partial charge < -0.3 is 0 Å². The number of halogens is 5. The third-order valence-corrected chi connectivity index (χ3v) is 4.72. The van der Waals surface area contributed by atoms with E-state index < -0.39 is 49.8 Å². The molecule has 0 aromatic rings. The number of rotatable bonds is 8. The Hall–Kier alpha value is -0.530. The highest BCUT2D eigenvalue weighted by atomic mass is 32.2. The summed E-state index contributed by atoms with van der Waals surface area (Å²) in [5.74, 6) is -3.93. The zero-order valence-corrected chi connectivity index (χ0v) is 12.4. The highest BCUT2D eigenvalue weighted by molar-refractivity contribution is 7.91. The molecule has 0 aliphatic heterocycles. The van der Waals surface area contributed by atoms with Crippen molar-refractivity contribution in [3.63, 3.8) is 0 Å². The van der Waals surface area contributed by atoms with Gasteiger partial charge in [0.25, 0.3) is 10.0 Å². The van der Waals surface area contributed by atoms with E-state index in [1.165, 1.54) is 11.6 Å². The molecule has 0 aliphatic rings. The first-order valence-corrected chi connectivity index (χ1v) is 8.46. The van der Waals surface area contributed by atoms with Crippen molar-refractivity contribution in [3.05, 3.63) is 6.92 Å². The number of hydrogen-bond donors (Lipinski definition) is 2. The van der Waals surface area contributed by atoms with Gasteiger partial charge in [-0.25, -0.2) is 16.8 Å². The van der Waals surface area contributed by atoms with Crippen molar-refractivity contribution in [1.29, 1.82) is 0 Å². The Morgan fingerprint density at radius 2 is 1.57 bits per heavy atom. The van der Waals surface area contributed by atoms with Crippen LogP contribution in [0, 0.1) is 6.92 Å². The van der Waals surface area contributed by atoms with Crippen LogP contribution >= 0.6 is 0 Å². The second kappa shape index (κ2) is 6.71. The van der Waals surface area contributed by atoms with E-state index >= 15 is 0 Å². The van der Waals surface area contributed by atoms with Crippen molar-refractivity contribution in [2.75, 3.05) is 0 Å². The molecule has 1 radical (unpaired) electrons. The zero-order chi connectivity index (χ0) is 17.1. The fourth-order valence-electron chi connectivity index (χ4n) is 1.41. The van der Waals surface area contributed by atoms with Crippen molar-refractivity contribution in [1.82, 2.24) is 9.44 Å². The van der Waals surface area contributed by atoms with E-state index in [9.17, 15) is 38.8 Å². The monoisotopic (exact) mass is 361 g/mol. The van der Waals surface area contributed by atoms with E-state index in [1.54, 1.807) is 0 Å². The maximum atomic E-state index is 12.3. The van der Waals surface area contributed by atoms with Gasteiger partial charge in [-0.15, -0.1) is 0 Å². The highest BCUT2D eigenvalue weighted by Gasteiger charge is 2.51. The molecule has 0 aromatic heterocycles. The molecular formula is C8H14F5N2O4S2. The summed E-state index contributed by atoms with van der Waals surface area (Å²) in [6, 6.07) is 0. The lowest BCUT2D eigenvalue weighted by Crippen LogP contribution is -2.62. The predicted octanol–water partition coefficient (Wildman–Crippen LogP) is 1.29. The number of hydrogen-bond acceptors (Lipinski definition) is 4. The summed E-state index contributed by atoms with van der Waals surface area (Å²) < 4.78 is 108. The first kappa shape index (κ1) is 20.5. The molecule has 0 amide bonds. The largest absolute Gasteiger partial charge is 0.511 e. The second-order valence-corrected chi connectivity index (χ2v) is 7.37. The lowest BCUT2D eigenvalue weighted by atomic mass is 10.0. The minimum Gasteiger partial charge on any atom is -0.206 e. The first-order valence-electron chi connectivity index (χ1n) is 5.43. The van der Waals surface area contributed by atoms with Crippen LogP contribution in [0.4, 0.5) is 22.0 Å². The van der Waals surface area contributed by atoms with Gasteiger partial charge in [-0.05, 0) is 12.8 Å². The molecule has 0 aromatic carbocycles. The maximum Gasteiger partial charge on any atom is 0.511 e. The lowest BCUT2D eigenvalue weighted by molar-refractivity contribution is -0.0459. The third kappa shape index (κ3) is 5.30. The molecule has 0 saturated carbocycles. The molecule has 127 valence electrons. The van der Waals surface area contributed by atoms with Gasteiger partial charge in [0.05, 0.1) is 5.66 Å². The molecule has 0 heterocycles. The summed E-state index contributed by atoms with van der Waals surface area (Å²) in [6.07, 6.45) is -1.25. The van der Waals surface area contributed by atoms with Gasteiger partial charge >= 0.3 is 21.3 Å². The predicted molar refractivity (Wildman–Crippen MR) is 63.8 cm³/mol. The molecule has 21 heavy (non-hydrogen) atoms. The van der Waals surface area contributed by atoms with Gasteiger partial charge in [0.15, 0.2) is 0 Å². The standard InChI is InChI=1S/C8H14F5N2O4S2/c1-3-5-7(4-2,14-20(16,17)6(9)10)15-21(18,19)8(11,12)13/h6,14-15H,2-5H2,1H3. The quantitative estimate of drug-likeness (QED) is 0.503. The van der Waals surface area contributed by atoms with Gasteiger partial charge in [0.2, 0.25) is 0 Å². The van der Waals surface area contributed by atoms with E-state index in [4.69, 9.17) is 0 Å². The lowest BCUT2D eigenvalue weighted by Gasteiger charge is -2.33. The Bertz CT molecular complexity index is 546. The number of sulfonamides is 2. The Morgan fingerprint density at radius 1 is 1.10 bits per heavy atom. The van der Waals surface area contributed by atoms with Crippen LogP contribution in [0.1, 0.15) is 26.2 Å². The molecule has 1 atom stereocenters. The van der Waals surface area contributed by atoms with Crippen LogP contribution in [0.15, 0.2) is 0 Å². The van der Waals surface area contributed by atoms with Crippen LogP contribution < -0.4 is 9.44 Å². The van der Waals surface area contributed by atoms with Crippen LogP contribution in [-0.2, 0) is 20.0 Å². The molecule has 0 fully saturated rings. The second-order valence-electron chi connectivity index (χ2n) is 4.04. The Balaban J connectivity index is 5.69. The molecule has 13 heteroatoms. The van der Waals surface area contributed by atoms with Crippen LogP contribution in [-0.4, -0.2) is 33.8 Å². The molecule has 6 nitrogen and oxygen atoms in total. The van der Waals surface area contributed by atoms with Crippen LogP contribution in [0.2, 0.25) is 0 Å². The van der Waals surface area contributed by atoms with Crippen molar-refractivity contribution in [2.45, 2.75) is 43.1 Å². The van der Waals surface area contributed by atoms with Gasteiger partial charge in [-0.2, -0.15) is 31.4 Å². The summed E-state index contributed by atoms with van der Waals surface area (Å²) >= 11 is 0. The van der Waals surface area contributed by atoms with E-state index in [-0.39, 0.29) is 6.42 Å². The van der Waals surface area contributed by atoms with Crippen molar-refractivity contribution >= 4 is 20.0 Å². The van der Waals surface area contributed by atoms with Crippen LogP contribution in [0.3, 0.4) is 0 Å². The van der Waals surface area contributed by atoms with Crippen LogP contribution in [0.25, 0.3) is 0 Å². The average molecular weight is 361 g/mol. The molecule has 2 N–H and O–H groups in total. The molecule has 0 aliphatic carbocycles. The highest BCUT2D eigenvalue weighted by Crippen LogP contribution is 2.26. The normalized spacial score (nSPS) is 17.0. The number of alkyl halides is 5. The van der Waals surface area contributed by atoms with Gasteiger partial charge in [-0.3, -0.25) is 0 Å².